The molecule has 0 bridgehead atoms. The van der Waals surface area contributed by atoms with E-state index >= 15 is 0 Å². The molecule has 1 heterocycles. The van der Waals surface area contributed by atoms with Crippen molar-refractivity contribution in [3.63, 3.8) is 0 Å². The largest absolute Gasteiger partial charge is 0.325 e. The minimum atomic E-state index is -0.737. The summed E-state index contributed by atoms with van der Waals surface area (Å²) in [4.78, 5) is 23.8. The summed E-state index contributed by atoms with van der Waals surface area (Å²) in [7, 11) is 0. The average molecular weight is 235 g/mol. The fourth-order valence-corrected chi connectivity index (χ4v) is 1.46. The SMILES string of the molecule is CC1(C)NC(=O)N(CCBr)C1=O. The molecule has 1 aliphatic heterocycles. The molecule has 1 saturated heterocycles. The average Bonchev–Trinajstić information content (AvgIpc) is 2.13. The van der Waals surface area contributed by atoms with Crippen LogP contribution in [0.4, 0.5) is 4.79 Å². The van der Waals surface area contributed by atoms with Gasteiger partial charge in [0.25, 0.3) is 5.91 Å². The fraction of sp³-hybridized carbons (Fsp3) is 0.714. The van der Waals surface area contributed by atoms with Crippen LogP contribution >= 0.6 is 15.9 Å². The van der Waals surface area contributed by atoms with E-state index in [4.69, 9.17) is 0 Å². The van der Waals surface area contributed by atoms with E-state index in [1.807, 2.05) is 0 Å². The molecule has 0 atom stereocenters. The van der Waals surface area contributed by atoms with Gasteiger partial charge in [0.15, 0.2) is 0 Å². The first-order valence-corrected chi connectivity index (χ1v) is 4.81. The lowest BCUT2D eigenvalue weighted by molar-refractivity contribution is -0.130. The van der Waals surface area contributed by atoms with Crippen LogP contribution in [0.2, 0.25) is 0 Å². The van der Waals surface area contributed by atoms with Crippen molar-refractivity contribution < 1.29 is 9.59 Å². The number of hydrogen-bond acceptors (Lipinski definition) is 2. The Labute approximate surface area is 79.4 Å². The number of amides is 3. The van der Waals surface area contributed by atoms with Crippen LogP contribution in [0.15, 0.2) is 0 Å². The number of urea groups is 1. The summed E-state index contributed by atoms with van der Waals surface area (Å²) in [5.74, 6) is -0.160. The van der Waals surface area contributed by atoms with Crippen molar-refractivity contribution in [2.24, 2.45) is 0 Å². The summed E-state index contributed by atoms with van der Waals surface area (Å²) in [6.07, 6.45) is 0. The molecule has 1 N–H and O–H groups in total. The highest BCUT2D eigenvalue weighted by Gasteiger charge is 2.43. The van der Waals surface area contributed by atoms with Crippen LogP contribution in [0, 0.1) is 0 Å². The Morgan fingerprint density at radius 1 is 1.50 bits per heavy atom. The van der Waals surface area contributed by atoms with Crippen LogP contribution < -0.4 is 5.32 Å². The lowest BCUT2D eigenvalue weighted by Gasteiger charge is -2.14. The molecule has 4 nitrogen and oxygen atoms in total. The third-order valence-corrected chi connectivity index (χ3v) is 2.11. The number of carbonyl (C=O) groups excluding carboxylic acids is 2. The first-order chi connectivity index (χ1) is 5.49. The van der Waals surface area contributed by atoms with E-state index in [1.54, 1.807) is 13.8 Å². The van der Waals surface area contributed by atoms with Crippen molar-refractivity contribution in [1.82, 2.24) is 10.2 Å². The van der Waals surface area contributed by atoms with Gasteiger partial charge in [-0.05, 0) is 13.8 Å². The van der Waals surface area contributed by atoms with Crippen molar-refractivity contribution >= 4 is 27.9 Å². The molecule has 5 heteroatoms. The molecule has 1 fully saturated rings. The number of rotatable bonds is 2. The second kappa shape index (κ2) is 3.05. The number of nitrogens with one attached hydrogen (secondary N) is 1. The second-order valence-corrected chi connectivity index (χ2v) is 3.99. The molecule has 12 heavy (non-hydrogen) atoms. The summed E-state index contributed by atoms with van der Waals surface area (Å²) >= 11 is 3.18. The summed E-state index contributed by atoms with van der Waals surface area (Å²) in [6, 6.07) is -0.301. The zero-order valence-corrected chi connectivity index (χ0v) is 8.64. The van der Waals surface area contributed by atoms with Gasteiger partial charge in [-0.15, -0.1) is 0 Å². The van der Waals surface area contributed by atoms with Crippen molar-refractivity contribution in [1.29, 1.82) is 0 Å². The fourth-order valence-electron chi connectivity index (χ4n) is 1.11. The molecule has 68 valence electrons. The second-order valence-electron chi connectivity index (χ2n) is 3.20. The Hall–Kier alpha value is -0.580. The number of carbonyl (C=O) groups is 2. The van der Waals surface area contributed by atoms with Crippen LogP contribution in [-0.4, -0.2) is 34.3 Å². The van der Waals surface area contributed by atoms with Gasteiger partial charge in [-0.3, -0.25) is 9.69 Å². The van der Waals surface area contributed by atoms with E-state index in [0.717, 1.165) is 0 Å². The molecule has 0 aromatic rings. The standard InChI is InChI=1S/C7H11BrN2O2/c1-7(2)5(11)10(4-3-8)6(12)9-7/h3-4H2,1-2H3,(H,9,12). The monoisotopic (exact) mass is 234 g/mol. The Bertz CT molecular complexity index is 227. The summed E-state index contributed by atoms with van der Waals surface area (Å²) in [5.41, 5.74) is -0.737. The van der Waals surface area contributed by atoms with Crippen LogP contribution in [0.1, 0.15) is 13.8 Å². The molecular weight excluding hydrogens is 224 g/mol. The number of hydrogen-bond donors (Lipinski definition) is 1. The molecule has 3 amide bonds. The summed E-state index contributed by atoms with van der Waals surface area (Å²) < 4.78 is 0. The highest BCUT2D eigenvalue weighted by molar-refractivity contribution is 9.09. The predicted molar refractivity (Wildman–Crippen MR) is 48.1 cm³/mol. The Balaban J connectivity index is 2.78. The van der Waals surface area contributed by atoms with E-state index in [-0.39, 0.29) is 11.9 Å². The van der Waals surface area contributed by atoms with Gasteiger partial charge in [-0.2, -0.15) is 0 Å². The van der Waals surface area contributed by atoms with Crippen LogP contribution in [-0.2, 0) is 4.79 Å². The normalized spacial score (nSPS) is 21.4. The molecule has 1 rings (SSSR count). The van der Waals surface area contributed by atoms with Crippen LogP contribution in [0.3, 0.4) is 0 Å². The Kier molecular flexibility index (Phi) is 2.41. The van der Waals surface area contributed by atoms with Gasteiger partial charge in [-0.25, -0.2) is 4.79 Å². The number of alkyl halides is 1. The van der Waals surface area contributed by atoms with Crippen LogP contribution in [0.5, 0.6) is 0 Å². The molecule has 0 spiro atoms. The smallest absolute Gasteiger partial charge is 0.324 e. The zero-order valence-electron chi connectivity index (χ0n) is 7.06. The number of halogens is 1. The highest BCUT2D eigenvalue weighted by Crippen LogP contribution is 2.16. The zero-order chi connectivity index (χ0) is 9.35. The molecule has 1 aliphatic rings. The number of nitrogens with zero attached hydrogens (tertiary/aromatic N) is 1. The van der Waals surface area contributed by atoms with Crippen molar-refractivity contribution in [2.45, 2.75) is 19.4 Å². The third kappa shape index (κ3) is 1.46. The van der Waals surface area contributed by atoms with Gasteiger partial charge >= 0.3 is 6.03 Å². The molecule has 0 saturated carbocycles. The maximum atomic E-state index is 11.4. The molecule has 0 aromatic carbocycles. The van der Waals surface area contributed by atoms with Gasteiger partial charge in [-0.1, -0.05) is 15.9 Å². The van der Waals surface area contributed by atoms with E-state index in [0.29, 0.717) is 11.9 Å². The van der Waals surface area contributed by atoms with E-state index in [1.165, 1.54) is 4.90 Å². The maximum Gasteiger partial charge on any atom is 0.325 e. The topological polar surface area (TPSA) is 49.4 Å². The quantitative estimate of drug-likeness (QED) is 0.566. The van der Waals surface area contributed by atoms with Crippen molar-refractivity contribution in [3.8, 4) is 0 Å². The van der Waals surface area contributed by atoms with E-state index in [9.17, 15) is 9.59 Å². The lowest BCUT2D eigenvalue weighted by Crippen LogP contribution is -2.40. The molecular formula is C7H11BrN2O2. The van der Waals surface area contributed by atoms with Gasteiger partial charge in [0.2, 0.25) is 0 Å². The lowest BCUT2D eigenvalue weighted by atomic mass is 10.1. The summed E-state index contributed by atoms with van der Waals surface area (Å²) in [6.45, 7) is 3.82. The molecule has 0 aliphatic carbocycles. The molecule has 0 radical (unpaired) electrons. The summed E-state index contributed by atoms with van der Waals surface area (Å²) in [5, 5.41) is 3.21. The highest BCUT2D eigenvalue weighted by atomic mass is 79.9. The maximum absolute atomic E-state index is 11.4. The molecule has 0 aromatic heterocycles. The van der Waals surface area contributed by atoms with Gasteiger partial charge in [0.05, 0.1) is 0 Å². The van der Waals surface area contributed by atoms with Gasteiger partial charge in [0.1, 0.15) is 5.54 Å². The Morgan fingerprint density at radius 2 is 2.08 bits per heavy atom. The molecule has 0 unspecified atom stereocenters. The number of imide groups is 1. The van der Waals surface area contributed by atoms with Gasteiger partial charge in [0, 0.05) is 11.9 Å². The minimum absolute atomic E-state index is 0.160. The van der Waals surface area contributed by atoms with Crippen molar-refractivity contribution in [2.75, 3.05) is 11.9 Å². The third-order valence-electron chi connectivity index (χ3n) is 1.75. The van der Waals surface area contributed by atoms with Crippen molar-refractivity contribution in [3.05, 3.63) is 0 Å². The predicted octanol–water partition coefficient (Wildman–Crippen LogP) is 0.712. The first-order valence-electron chi connectivity index (χ1n) is 3.69. The van der Waals surface area contributed by atoms with E-state index < -0.39 is 5.54 Å². The first kappa shape index (κ1) is 9.51. The Morgan fingerprint density at radius 3 is 2.42 bits per heavy atom. The van der Waals surface area contributed by atoms with E-state index in [2.05, 4.69) is 21.2 Å². The van der Waals surface area contributed by atoms with Crippen LogP contribution in [0.25, 0.3) is 0 Å². The minimum Gasteiger partial charge on any atom is -0.324 e. The van der Waals surface area contributed by atoms with Gasteiger partial charge < -0.3 is 5.32 Å².